The molecular formula is C25H22. The van der Waals surface area contributed by atoms with Gasteiger partial charge in [-0.25, -0.2) is 0 Å². The van der Waals surface area contributed by atoms with Crippen molar-refractivity contribution >= 4 is 5.57 Å². The van der Waals surface area contributed by atoms with Crippen LogP contribution in [0.5, 0.6) is 0 Å². The highest BCUT2D eigenvalue weighted by molar-refractivity contribution is 5.83. The van der Waals surface area contributed by atoms with E-state index in [0.29, 0.717) is 0 Å². The maximum absolute atomic E-state index is 2.35. The molecule has 0 radical (unpaired) electrons. The second-order valence-corrected chi connectivity index (χ2v) is 6.67. The Morgan fingerprint density at radius 2 is 1.24 bits per heavy atom. The first-order valence-electron chi connectivity index (χ1n) is 8.94. The molecule has 25 heavy (non-hydrogen) atoms. The number of aryl methyl sites for hydroxylation is 1. The average molecular weight is 322 g/mol. The van der Waals surface area contributed by atoms with Crippen molar-refractivity contribution in [2.45, 2.75) is 19.8 Å². The number of rotatable bonds is 3. The van der Waals surface area contributed by atoms with Crippen molar-refractivity contribution in [2.24, 2.45) is 0 Å². The first-order valence-corrected chi connectivity index (χ1v) is 8.94. The predicted octanol–water partition coefficient (Wildman–Crippen LogP) is 7.06. The van der Waals surface area contributed by atoms with E-state index < -0.39 is 0 Å². The van der Waals surface area contributed by atoms with E-state index >= 15 is 0 Å². The maximum atomic E-state index is 2.35. The molecule has 1 aliphatic carbocycles. The topological polar surface area (TPSA) is 0 Å². The molecule has 0 nitrogen and oxygen atoms in total. The molecule has 3 aromatic rings. The minimum absolute atomic E-state index is 1.13. The highest BCUT2D eigenvalue weighted by Crippen LogP contribution is 2.32. The minimum Gasteiger partial charge on any atom is -0.0836 e. The molecule has 0 aliphatic heterocycles. The second kappa shape index (κ2) is 6.94. The zero-order chi connectivity index (χ0) is 17.1. The fraction of sp³-hybridized carbons (Fsp3) is 0.120. The van der Waals surface area contributed by atoms with Gasteiger partial charge < -0.3 is 0 Å². The molecule has 0 spiro atoms. The van der Waals surface area contributed by atoms with Crippen LogP contribution in [0.3, 0.4) is 0 Å². The van der Waals surface area contributed by atoms with Gasteiger partial charge in [0.2, 0.25) is 0 Å². The lowest BCUT2D eigenvalue weighted by atomic mass is 9.91. The molecule has 0 aromatic heterocycles. The predicted molar refractivity (Wildman–Crippen MR) is 108 cm³/mol. The Hall–Kier alpha value is -2.86. The van der Waals surface area contributed by atoms with Gasteiger partial charge in [0.05, 0.1) is 0 Å². The maximum Gasteiger partial charge on any atom is -0.0172 e. The Morgan fingerprint density at radius 3 is 1.88 bits per heavy atom. The number of hydrogen-bond donors (Lipinski definition) is 0. The summed E-state index contributed by atoms with van der Waals surface area (Å²) in [5, 5.41) is 0. The largest absolute Gasteiger partial charge is 0.0836 e. The number of hydrogen-bond acceptors (Lipinski definition) is 0. The normalized spacial score (nSPS) is 13.6. The van der Waals surface area contributed by atoms with E-state index in [0.717, 1.165) is 12.8 Å². The van der Waals surface area contributed by atoms with E-state index in [4.69, 9.17) is 0 Å². The third-order valence-electron chi connectivity index (χ3n) is 4.75. The Morgan fingerprint density at radius 1 is 0.600 bits per heavy atom. The third-order valence-corrected chi connectivity index (χ3v) is 4.75. The van der Waals surface area contributed by atoms with Crippen LogP contribution in [-0.2, 0) is 0 Å². The van der Waals surface area contributed by atoms with E-state index in [-0.39, 0.29) is 0 Å². The van der Waals surface area contributed by atoms with Crippen LogP contribution in [-0.4, -0.2) is 0 Å². The van der Waals surface area contributed by atoms with Crippen molar-refractivity contribution in [2.75, 3.05) is 0 Å². The van der Waals surface area contributed by atoms with E-state index in [1.807, 2.05) is 0 Å². The quantitative estimate of drug-likeness (QED) is 0.484. The molecular weight excluding hydrogens is 300 g/mol. The second-order valence-electron chi connectivity index (χ2n) is 6.67. The average Bonchev–Trinajstić information content (AvgIpc) is 2.69. The van der Waals surface area contributed by atoms with Gasteiger partial charge in [-0.2, -0.15) is 0 Å². The van der Waals surface area contributed by atoms with Crippen molar-refractivity contribution < 1.29 is 0 Å². The van der Waals surface area contributed by atoms with Gasteiger partial charge in [-0.05, 0) is 71.4 Å². The summed E-state index contributed by atoms with van der Waals surface area (Å²) in [6.07, 6.45) is 9.15. The van der Waals surface area contributed by atoms with Gasteiger partial charge in [0, 0.05) is 0 Å². The van der Waals surface area contributed by atoms with Gasteiger partial charge in [0.25, 0.3) is 0 Å². The molecule has 122 valence electrons. The third kappa shape index (κ3) is 3.49. The Labute approximate surface area is 150 Å². The van der Waals surface area contributed by atoms with Crippen molar-refractivity contribution in [3.05, 3.63) is 102 Å². The van der Waals surface area contributed by atoms with Gasteiger partial charge >= 0.3 is 0 Å². The molecule has 0 bridgehead atoms. The Bertz CT molecular complexity index is 926. The van der Waals surface area contributed by atoms with Crippen LogP contribution in [0.25, 0.3) is 27.8 Å². The minimum atomic E-state index is 1.13. The van der Waals surface area contributed by atoms with Gasteiger partial charge in [-0.3, -0.25) is 0 Å². The summed E-state index contributed by atoms with van der Waals surface area (Å²) >= 11 is 0. The Balaban J connectivity index is 1.87. The van der Waals surface area contributed by atoms with Crippen molar-refractivity contribution in [3.63, 3.8) is 0 Å². The highest BCUT2D eigenvalue weighted by atomic mass is 14.1. The summed E-state index contributed by atoms with van der Waals surface area (Å²) in [5.41, 5.74) is 9.00. The van der Waals surface area contributed by atoms with Crippen LogP contribution in [0.1, 0.15) is 24.0 Å². The monoisotopic (exact) mass is 322 g/mol. The first kappa shape index (κ1) is 15.7. The number of allylic oxidation sites excluding steroid dienone is 4. The molecule has 0 saturated carbocycles. The molecule has 0 fully saturated rings. The zero-order valence-corrected chi connectivity index (χ0v) is 14.6. The smallest absolute Gasteiger partial charge is 0.0172 e. The summed E-state index contributed by atoms with van der Waals surface area (Å²) in [6, 6.07) is 26.4. The molecule has 0 saturated heterocycles. The molecule has 0 amide bonds. The highest BCUT2D eigenvalue weighted by Gasteiger charge is 2.08. The van der Waals surface area contributed by atoms with Crippen LogP contribution in [0.4, 0.5) is 0 Å². The first-order chi connectivity index (χ1) is 12.3. The van der Waals surface area contributed by atoms with Crippen LogP contribution >= 0.6 is 0 Å². The zero-order valence-electron chi connectivity index (χ0n) is 14.6. The molecule has 0 N–H and O–H groups in total. The van der Waals surface area contributed by atoms with Crippen LogP contribution < -0.4 is 0 Å². The van der Waals surface area contributed by atoms with Gasteiger partial charge in [0.1, 0.15) is 0 Å². The molecule has 0 atom stereocenters. The van der Waals surface area contributed by atoms with E-state index in [1.54, 1.807) is 0 Å². The summed E-state index contributed by atoms with van der Waals surface area (Å²) in [5.74, 6) is 0. The lowest BCUT2D eigenvalue weighted by molar-refractivity contribution is 1.04. The lowest BCUT2D eigenvalue weighted by Gasteiger charge is -2.13. The van der Waals surface area contributed by atoms with Crippen molar-refractivity contribution in [1.82, 2.24) is 0 Å². The summed E-state index contributed by atoms with van der Waals surface area (Å²) < 4.78 is 0. The fourth-order valence-corrected chi connectivity index (χ4v) is 3.33. The summed E-state index contributed by atoms with van der Waals surface area (Å²) in [4.78, 5) is 0. The summed E-state index contributed by atoms with van der Waals surface area (Å²) in [6.45, 7) is 2.13. The number of benzene rings is 3. The lowest BCUT2D eigenvalue weighted by Crippen LogP contribution is -1.90. The van der Waals surface area contributed by atoms with Gasteiger partial charge in [0.15, 0.2) is 0 Å². The summed E-state index contributed by atoms with van der Waals surface area (Å²) in [7, 11) is 0. The van der Waals surface area contributed by atoms with Crippen LogP contribution in [0.15, 0.2) is 91.0 Å². The molecule has 0 heteroatoms. The molecule has 4 rings (SSSR count). The van der Waals surface area contributed by atoms with Crippen LogP contribution in [0.2, 0.25) is 0 Å². The van der Waals surface area contributed by atoms with Crippen LogP contribution in [0, 0.1) is 6.92 Å². The van der Waals surface area contributed by atoms with Crippen molar-refractivity contribution in [1.29, 1.82) is 0 Å². The van der Waals surface area contributed by atoms with Crippen molar-refractivity contribution in [3.8, 4) is 22.3 Å². The SMILES string of the molecule is Cc1ccc(-c2cc(C3=CCCC=C3)cc(-c3ccccc3)c2)cc1. The standard InChI is InChI=1S/C25H22/c1-19-12-14-22(15-13-19)25-17-23(20-8-4-2-5-9-20)16-24(18-25)21-10-6-3-7-11-21/h2,4-6,8-18H,3,7H2,1H3. The van der Waals surface area contributed by atoms with Gasteiger partial charge in [-0.1, -0.05) is 78.4 Å². The molecule has 3 aromatic carbocycles. The fourth-order valence-electron chi connectivity index (χ4n) is 3.33. The van der Waals surface area contributed by atoms with E-state index in [9.17, 15) is 0 Å². The molecule has 0 heterocycles. The van der Waals surface area contributed by atoms with Gasteiger partial charge in [-0.15, -0.1) is 0 Å². The molecule has 0 unspecified atom stereocenters. The molecule has 1 aliphatic rings. The van der Waals surface area contributed by atoms with E-state index in [2.05, 4.69) is 97.9 Å². The Kier molecular flexibility index (Phi) is 4.35. The van der Waals surface area contributed by atoms with E-state index in [1.165, 1.54) is 39.0 Å².